The maximum atomic E-state index is 12.1. The number of carbonyl (C=O) groups is 1. The zero-order valence-electron chi connectivity index (χ0n) is 13.4. The summed E-state index contributed by atoms with van der Waals surface area (Å²) in [6.45, 7) is 3.67. The van der Waals surface area contributed by atoms with Gasteiger partial charge in [-0.15, -0.1) is 10.2 Å². The monoisotopic (exact) mass is 369 g/mol. The minimum absolute atomic E-state index is 0.142. The highest BCUT2D eigenvalue weighted by Gasteiger charge is 2.14. The molecule has 3 N–H and O–H groups in total. The summed E-state index contributed by atoms with van der Waals surface area (Å²) in [4.78, 5) is 11.9. The highest BCUT2D eigenvalue weighted by atomic mass is 32.2. The molecule has 0 aliphatic rings. The van der Waals surface area contributed by atoms with Crippen molar-refractivity contribution < 1.29 is 13.2 Å². The van der Waals surface area contributed by atoms with Gasteiger partial charge in [-0.2, -0.15) is 4.72 Å². The van der Waals surface area contributed by atoms with Gasteiger partial charge in [0.2, 0.25) is 15.2 Å². The average molecular weight is 369 g/mol. The lowest BCUT2D eigenvalue weighted by molar-refractivity contribution is 0.252. The Morgan fingerprint density at radius 2 is 1.92 bits per heavy atom. The molecule has 1 aromatic carbocycles. The summed E-state index contributed by atoms with van der Waals surface area (Å²) >= 11 is 1.29. The molecule has 0 spiro atoms. The third-order valence-corrected chi connectivity index (χ3v) is 5.31. The Labute approximate surface area is 144 Å². The highest BCUT2D eigenvalue weighted by molar-refractivity contribution is 7.89. The molecule has 1 heterocycles. The number of carbonyl (C=O) groups excluding carboxylic acids is 1. The maximum Gasteiger partial charge on any atom is 0.322 e. The van der Waals surface area contributed by atoms with E-state index in [1.54, 1.807) is 12.1 Å². The van der Waals surface area contributed by atoms with Gasteiger partial charge in [0.05, 0.1) is 11.6 Å². The predicted molar refractivity (Wildman–Crippen MR) is 92.4 cm³/mol. The maximum absolute atomic E-state index is 12.1. The van der Waals surface area contributed by atoms with Crippen LogP contribution in [0.5, 0.6) is 0 Å². The van der Waals surface area contributed by atoms with Crippen molar-refractivity contribution >= 4 is 32.5 Å². The number of amides is 2. The second kappa shape index (κ2) is 8.18. The van der Waals surface area contributed by atoms with Crippen LogP contribution < -0.4 is 15.4 Å². The fraction of sp³-hybridized carbons (Fsp3) is 0.357. The van der Waals surface area contributed by atoms with E-state index < -0.39 is 16.1 Å². The molecule has 0 unspecified atom stereocenters. The summed E-state index contributed by atoms with van der Waals surface area (Å²) in [7, 11) is -3.67. The van der Waals surface area contributed by atoms with Crippen LogP contribution in [0.3, 0.4) is 0 Å². The normalized spacial score (nSPS) is 11.2. The molecule has 2 amide bonds. The van der Waals surface area contributed by atoms with Gasteiger partial charge in [-0.1, -0.05) is 36.0 Å². The number of sulfonamides is 1. The number of benzene rings is 1. The van der Waals surface area contributed by atoms with E-state index in [2.05, 4.69) is 25.6 Å². The van der Waals surface area contributed by atoms with Gasteiger partial charge in [0.1, 0.15) is 5.01 Å². The third kappa shape index (κ3) is 5.25. The molecular weight excluding hydrogens is 350 g/mol. The number of rotatable bonds is 7. The molecule has 0 saturated heterocycles. The van der Waals surface area contributed by atoms with Crippen LogP contribution >= 0.6 is 11.3 Å². The van der Waals surface area contributed by atoms with Gasteiger partial charge in [-0.25, -0.2) is 13.2 Å². The summed E-state index contributed by atoms with van der Waals surface area (Å²) in [5.41, 5.74) is 0.964. The Bertz CT molecular complexity index is 787. The molecule has 0 fully saturated rings. The summed E-state index contributed by atoms with van der Waals surface area (Å²) in [5, 5.41) is 13.9. The van der Waals surface area contributed by atoms with E-state index >= 15 is 0 Å². The number of aromatic nitrogens is 2. The number of aryl methyl sites for hydroxylation is 2. The number of nitrogens with zero attached hydrogens (tertiary/aromatic N) is 2. The molecule has 0 aliphatic carbocycles. The number of hydrogen-bond acceptors (Lipinski definition) is 6. The summed E-state index contributed by atoms with van der Waals surface area (Å²) in [6, 6.07) is 5.87. The van der Waals surface area contributed by atoms with Crippen LogP contribution in [-0.2, 0) is 16.4 Å². The van der Waals surface area contributed by atoms with Gasteiger partial charge in [-0.3, -0.25) is 5.32 Å². The Morgan fingerprint density at radius 3 is 2.58 bits per heavy atom. The lowest BCUT2D eigenvalue weighted by Crippen LogP contribution is -2.39. The molecule has 0 bridgehead atoms. The smallest absolute Gasteiger partial charge is 0.322 e. The van der Waals surface area contributed by atoms with Crippen molar-refractivity contribution in [2.45, 2.75) is 31.6 Å². The zero-order chi connectivity index (χ0) is 17.6. The van der Waals surface area contributed by atoms with E-state index in [1.807, 2.05) is 13.8 Å². The number of urea groups is 1. The van der Waals surface area contributed by atoms with Crippen molar-refractivity contribution in [3.8, 4) is 0 Å². The summed E-state index contributed by atoms with van der Waals surface area (Å²) in [5.74, 6) is 0. The molecule has 0 radical (unpaired) electrons. The van der Waals surface area contributed by atoms with Crippen LogP contribution in [0, 0.1) is 6.92 Å². The van der Waals surface area contributed by atoms with Crippen LogP contribution in [0.4, 0.5) is 9.93 Å². The molecular formula is C14H19N5O3S2. The first-order chi connectivity index (χ1) is 11.4. The number of nitrogens with one attached hydrogen (secondary N) is 3. The fourth-order valence-corrected chi connectivity index (χ4v) is 3.53. The molecule has 0 saturated carbocycles. The molecule has 1 aromatic heterocycles. The number of anilines is 1. The van der Waals surface area contributed by atoms with Gasteiger partial charge < -0.3 is 5.32 Å². The summed E-state index contributed by atoms with van der Waals surface area (Å²) in [6.07, 6.45) is 1.75. The molecule has 130 valence electrons. The van der Waals surface area contributed by atoms with Crippen molar-refractivity contribution in [1.29, 1.82) is 0 Å². The van der Waals surface area contributed by atoms with E-state index in [9.17, 15) is 13.2 Å². The minimum atomic E-state index is -3.67. The fourth-order valence-electron chi connectivity index (χ4n) is 1.77. The number of hydrogen-bond donors (Lipinski definition) is 3. The van der Waals surface area contributed by atoms with Gasteiger partial charge in [0.15, 0.2) is 0 Å². The highest BCUT2D eigenvalue weighted by Crippen LogP contribution is 2.16. The van der Waals surface area contributed by atoms with E-state index in [-0.39, 0.29) is 11.6 Å². The summed E-state index contributed by atoms with van der Waals surface area (Å²) < 4.78 is 26.4. The van der Waals surface area contributed by atoms with Gasteiger partial charge in [0, 0.05) is 6.42 Å². The molecule has 0 atom stereocenters. The second-order valence-corrected chi connectivity index (χ2v) is 7.85. The lowest BCUT2D eigenvalue weighted by Gasteiger charge is -2.08. The molecule has 24 heavy (non-hydrogen) atoms. The van der Waals surface area contributed by atoms with Crippen LogP contribution in [0.2, 0.25) is 0 Å². The van der Waals surface area contributed by atoms with Crippen molar-refractivity contribution in [1.82, 2.24) is 20.2 Å². The van der Waals surface area contributed by atoms with E-state index in [4.69, 9.17) is 0 Å². The minimum Gasteiger partial charge on any atom is -0.324 e. The predicted octanol–water partition coefficient (Wildman–Crippen LogP) is 1.86. The lowest BCUT2D eigenvalue weighted by atomic mass is 10.2. The van der Waals surface area contributed by atoms with E-state index in [1.165, 1.54) is 23.5 Å². The Hall–Kier alpha value is -2.04. The van der Waals surface area contributed by atoms with Crippen LogP contribution in [-0.4, -0.2) is 31.3 Å². The van der Waals surface area contributed by atoms with Crippen molar-refractivity contribution in [2.24, 2.45) is 0 Å². The van der Waals surface area contributed by atoms with Crippen molar-refractivity contribution in [3.63, 3.8) is 0 Å². The quantitative estimate of drug-likeness (QED) is 0.645. The van der Waals surface area contributed by atoms with Crippen molar-refractivity contribution in [3.05, 3.63) is 34.8 Å². The molecule has 0 aliphatic heterocycles. The first-order valence-electron chi connectivity index (χ1n) is 7.34. The topological polar surface area (TPSA) is 113 Å². The Kier molecular flexibility index (Phi) is 6.23. The SMILES string of the molecule is CCCc1nnc(NC(=O)NCNS(=O)(=O)c2ccc(C)cc2)s1. The molecule has 2 aromatic rings. The van der Waals surface area contributed by atoms with Gasteiger partial charge >= 0.3 is 6.03 Å². The van der Waals surface area contributed by atoms with Gasteiger partial charge in [0.25, 0.3) is 0 Å². The van der Waals surface area contributed by atoms with Crippen LogP contribution in [0.1, 0.15) is 23.9 Å². The second-order valence-electron chi connectivity index (χ2n) is 5.02. The van der Waals surface area contributed by atoms with E-state index in [0.717, 1.165) is 23.4 Å². The average Bonchev–Trinajstić information content (AvgIpc) is 2.95. The Balaban J connectivity index is 1.82. The van der Waals surface area contributed by atoms with E-state index in [0.29, 0.717) is 5.13 Å². The Morgan fingerprint density at radius 1 is 1.21 bits per heavy atom. The molecule has 10 heteroatoms. The molecule has 2 rings (SSSR count). The first kappa shape index (κ1) is 18.3. The first-order valence-corrected chi connectivity index (χ1v) is 9.64. The molecule has 8 nitrogen and oxygen atoms in total. The van der Waals surface area contributed by atoms with Crippen LogP contribution in [0.25, 0.3) is 0 Å². The largest absolute Gasteiger partial charge is 0.324 e. The zero-order valence-corrected chi connectivity index (χ0v) is 15.0. The van der Waals surface area contributed by atoms with Crippen molar-refractivity contribution in [2.75, 3.05) is 12.0 Å². The third-order valence-electron chi connectivity index (χ3n) is 2.99. The van der Waals surface area contributed by atoms with Gasteiger partial charge in [-0.05, 0) is 25.5 Å². The van der Waals surface area contributed by atoms with Crippen LogP contribution in [0.15, 0.2) is 29.2 Å². The standard InChI is InChI=1S/C14H19N5O3S2/c1-3-4-12-18-19-14(23-12)17-13(20)15-9-16-24(21,22)11-7-5-10(2)6-8-11/h5-8,16H,3-4,9H2,1-2H3,(H2,15,17,19,20).